The molecule has 18 heavy (non-hydrogen) atoms. The Balaban J connectivity index is 0.00000162. The van der Waals surface area contributed by atoms with Gasteiger partial charge in [0.2, 0.25) is 0 Å². The number of hydrogen-bond donors (Lipinski definition) is 1. The summed E-state index contributed by atoms with van der Waals surface area (Å²) in [5.74, 6) is 0. The summed E-state index contributed by atoms with van der Waals surface area (Å²) in [6, 6.07) is 11.8. The van der Waals surface area contributed by atoms with Crippen molar-refractivity contribution in [2.45, 2.75) is 5.03 Å². The van der Waals surface area contributed by atoms with Crippen molar-refractivity contribution in [1.82, 2.24) is 4.98 Å². The zero-order chi connectivity index (χ0) is 12.5. The molecule has 0 saturated carbocycles. The minimum atomic E-state index is -4.46. The first-order chi connectivity index (χ1) is 7.98. The van der Waals surface area contributed by atoms with Gasteiger partial charge in [0.25, 0.3) is 0 Å². The Morgan fingerprint density at radius 3 is 2.22 bits per heavy atom. The van der Waals surface area contributed by atoms with Gasteiger partial charge in [-0.2, -0.15) is 0 Å². The molecule has 0 spiro atoms. The van der Waals surface area contributed by atoms with Gasteiger partial charge in [0.1, 0.15) is 15.1 Å². The molecular weight excluding hydrogens is 281 g/mol. The molecule has 0 radical (unpaired) electrons. The van der Waals surface area contributed by atoms with Crippen LogP contribution in [-0.4, -0.2) is 22.8 Å². The maximum Gasteiger partial charge on any atom is 1.00 e. The van der Waals surface area contributed by atoms with Gasteiger partial charge in [0.05, 0.1) is 10.6 Å². The van der Waals surface area contributed by atoms with Crippen molar-refractivity contribution >= 4 is 27.2 Å². The second kappa shape index (κ2) is 6.10. The van der Waals surface area contributed by atoms with Gasteiger partial charge in [-0.15, -0.1) is 0 Å². The molecule has 1 N–H and O–H groups in total. The van der Waals surface area contributed by atoms with Crippen molar-refractivity contribution in [2.24, 2.45) is 0 Å². The number of hydrogen-bond acceptors (Lipinski definition) is 4. The normalized spacial score (nSPS) is 10.7. The van der Waals surface area contributed by atoms with Crippen molar-refractivity contribution in [3.8, 4) is 0 Å². The van der Waals surface area contributed by atoms with E-state index >= 15 is 0 Å². The number of benzene rings is 1. The van der Waals surface area contributed by atoms with Gasteiger partial charge in [-0.3, -0.25) is 0 Å². The number of aromatic amines is 1. The summed E-state index contributed by atoms with van der Waals surface area (Å²) in [5.41, 5.74) is 1.24. The Bertz CT molecular complexity index is 650. The van der Waals surface area contributed by atoms with E-state index in [0.29, 0.717) is 10.6 Å². The Kier molecular flexibility index (Phi) is 5.27. The molecule has 2 rings (SSSR count). The predicted octanol–water partition coefficient (Wildman–Crippen LogP) is -1.31. The summed E-state index contributed by atoms with van der Waals surface area (Å²) in [4.78, 5) is 2.98. The second-order valence-corrected chi connectivity index (χ2v) is 5.14. The van der Waals surface area contributed by atoms with Crippen LogP contribution in [0.15, 0.2) is 47.5 Å². The molecule has 0 saturated heterocycles. The number of aromatic nitrogens is 1. The standard InChI is InChI=1S/C11H9NO3S2.Na/c13-17(14,15)10-7-6-9(12-10)11(16)8-4-2-1-3-5-8;/h1-7,12H,(H,13,14,15);/q;+1/p-1. The van der Waals surface area contributed by atoms with E-state index in [1.165, 1.54) is 12.1 Å². The van der Waals surface area contributed by atoms with Crippen LogP contribution < -0.4 is 29.6 Å². The number of H-pyrrole nitrogens is 1. The molecule has 0 amide bonds. The van der Waals surface area contributed by atoms with Crippen molar-refractivity contribution in [2.75, 3.05) is 0 Å². The van der Waals surface area contributed by atoms with E-state index in [4.69, 9.17) is 12.2 Å². The van der Waals surface area contributed by atoms with Gasteiger partial charge in [0.15, 0.2) is 0 Å². The summed E-state index contributed by atoms with van der Waals surface area (Å²) >= 11 is 5.20. The molecule has 1 aromatic heterocycles. The molecule has 0 bridgehead atoms. The van der Waals surface area contributed by atoms with E-state index in [2.05, 4.69) is 4.98 Å². The van der Waals surface area contributed by atoms with Crippen LogP contribution in [0.3, 0.4) is 0 Å². The van der Waals surface area contributed by atoms with Gasteiger partial charge in [0, 0.05) is 0 Å². The quantitative estimate of drug-likeness (QED) is 0.329. The molecule has 0 fully saturated rings. The third-order valence-corrected chi connectivity index (χ3v) is 3.44. The summed E-state index contributed by atoms with van der Waals surface area (Å²) < 4.78 is 32.3. The Labute approximate surface area is 132 Å². The fraction of sp³-hybridized carbons (Fsp3) is 0. The van der Waals surface area contributed by atoms with Crippen LogP contribution in [0.1, 0.15) is 11.3 Å². The largest absolute Gasteiger partial charge is 1.00 e. The van der Waals surface area contributed by atoms with Crippen molar-refractivity contribution in [3.63, 3.8) is 0 Å². The van der Waals surface area contributed by atoms with Gasteiger partial charge in [-0.25, -0.2) is 8.42 Å². The van der Waals surface area contributed by atoms with Crippen LogP contribution in [-0.2, 0) is 10.1 Å². The fourth-order valence-electron chi connectivity index (χ4n) is 1.40. The molecule has 2 aromatic rings. The van der Waals surface area contributed by atoms with E-state index in [9.17, 15) is 13.0 Å². The molecule has 1 heterocycles. The summed E-state index contributed by atoms with van der Waals surface area (Å²) in [6.07, 6.45) is 0. The summed E-state index contributed by atoms with van der Waals surface area (Å²) in [6.45, 7) is 0. The molecule has 88 valence electrons. The van der Waals surface area contributed by atoms with Crippen LogP contribution in [0, 0.1) is 0 Å². The first kappa shape index (κ1) is 15.6. The van der Waals surface area contributed by atoms with E-state index < -0.39 is 10.1 Å². The average Bonchev–Trinajstić information content (AvgIpc) is 2.78. The number of nitrogens with one attached hydrogen (secondary N) is 1. The third-order valence-electron chi connectivity index (χ3n) is 2.21. The molecule has 0 aliphatic heterocycles. The van der Waals surface area contributed by atoms with Gasteiger partial charge >= 0.3 is 29.6 Å². The van der Waals surface area contributed by atoms with E-state index in [1.807, 2.05) is 30.3 Å². The van der Waals surface area contributed by atoms with Crippen molar-refractivity contribution in [3.05, 3.63) is 53.7 Å². The summed E-state index contributed by atoms with van der Waals surface area (Å²) in [7, 11) is -4.46. The van der Waals surface area contributed by atoms with E-state index in [1.54, 1.807) is 0 Å². The minimum Gasteiger partial charge on any atom is -0.743 e. The average molecular weight is 289 g/mol. The second-order valence-electron chi connectivity index (χ2n) is 3.39. The van der Waals surface area contributed by atoms with Gasteiger partial charge in [-0.05, 0) is 17.7 Å². The molecule has 0 aliphatic carbocycles. The molecule has 0 aliphatic rings. The molecule has 0 unspecified atom stereocenters. The summed E-state index contributed by atoms with van der Waals surface area (Å²) in [5, 5.41) is -0.370. The monoisotopic (exact) mass is 289 g/mol. The molecule has 7 heteroatoms. The molecule has 4 nitrogen and oxygen atoms in total. The van der Waals surface area contributed by atoms with Gasteiger partial charge < -0.3 is 9.54 Å². The SMILES string of the molecule is O=S(=O)([O-])c1ccc(C(=S)c2ccccc2)[nH]1.[Na+]. The first-order valence-corrected chi connectivity index (χ1v) is 6.55. The van der Waals surface area contributed by atoms with Crippen molar-refractivity contribution in [1.29, 1.82) is 0 Å². The maximum atomic E-state index is 10.8. The molecular formula is C11H8NNaO3S2. The minimum absolute atomic E-state index is 0. The Hall–Kier alpha value is -0.500. The third kappa shape index (κ3) is 3.50. The van der Waals surface area contributed by atoms with Crippen LogP contribution in [0.5, 0.6) is 0 Å². The molecule has 0 atom stereocenters. The first-order valence-electron chi connectivity index (χ1n) is 4.73. The zero-order valence-corrected chi connectivity index (χ0v) is 13.2. The van der Waals surface area contributed by atoms with Crippen molar-refractivity contribution < 1.29 is 42.5 Å². The predicted molar refractivity (Wildman–Crippen MR) is 66.0 cm³/mol. The Morgan fingerprint density at radius 1 is 1.11 bits per heavy atom. The maximum absolute atomic E-state index is 10.8. The van der Waals surface area contributed by atoms with Crippen LogP contribution in [0.4, 0.5) is 0 Å². The Morgan fingerprint density at radius 2 is 1.72 bits per heavy atom. The number of rotatable bonds is 3. The van der Waals surface area contributed by atoms with Crippen LogP contribution in [0.2, 0.25) is 0 Å². The van der Waals surface area contributed by atoms with Crippen LogP contribution >= 0.6 is 12.2 Å². The number of thiocarbonyl (C=S) groups is 1. The van der Waals surface area contributed by atoms with E-state index in [-0.39, 0.29) is 34.6 Å². The smallest absolute Gasteiger partial charge is 0.743 e. The van der Waals surface area contributed by atoms with Crippen LogP contribution in [0.25, 0.3) is 0 Å². The van der Waals surface area contributed by atoms with Gasteiger partial charge in [-0.1, -0.05) is 42.5 Å². The molecule has 1 aromatic carbocycles. The zero-order valence-electron chi connectivity index (χ0n) is 9.58. The van der Waals surface area contributed by atoms with E-state index in [0.717, 1.165) is 5.56 Å². The fourth-order valence-corrected chi connectivity index (χ4v) is 2.12. The topological polar surface area (TPSA) is 73.0 Å².